The van der Waals surface area contributed by atoms with Gasteiger partial charge in [-0.25, -0.2) is 9.97 Å². The molecule has 0 saturated heterocycles. The molecule has 0 unspecified atom stereocenters. The molecule has 1 atom stereocenters. The molecule has 0 aliphatic heterocycles. The summed E-state index contributed by atoms with van der Waals surface area (Å²) in [6.45, 7) is 9.08. The summed E-state index contributed by atoms with van der Waals surface area (Å²) in [7, 11) is 0. The van der Waals surface area contributed by atoms with Crippen LogP contribution in [-0.4, -0.2) is 40.2 Å². The smallest absolute Gasteiger partial charge is 0.317 e. The average molecular weight is 309 g/mol. The third kappa shape index (κ3) is 6.40. The zero-order valence-corrected chi connectivity index (χ0v) is 13.2. The summed E-state index contributed by atoms with van der Waals surface area (Å²) in [4.78, 5) is 31.6. The molecular weight excluding hydrogens is 290 g/mol. The van der Waals surface area contributed by atoms with E-state index < -0.39 is 12.1 Å². The monoisotopic (exact) mass is 309 g/mol. The summed E-state index contributed by atoms with van der Waals surface area (Å²) in [6.07, 6.45) is 0.720. The van der Waals surface area contributed by atoms with Crippen molar-refractivity contribution in [1.82, 2.24) is 15.3 Å². The zero-order chi connectivity index (χ0) is 15.8. The molecule has 0 spiro atoms. The molecule has 1 N–H and O–H groups in total. The SMILES string of the molecule is C=CCNC(=O)[C@H](C)OC(=O)CSc1nc(C)cc(C)n1. The van der Waals surface area contributed by atoms with Gasteiger partial charge in [0.05, 0.1) is 5.75 Å². The van der Waals surface area contributed by atoms with Crippen molar-refractivity contribution in [3.63, 3.8) is 0 Å². The number of hydrogen-bond acceptors (Lipinski definition) is 6. The van der Waals surface area contributed by atoms with Crippen LogP contribution < -0.4 is 5.32 Å². The third-order valence-electron chi connectivity index (χ3n) is 2.38. The molecule has 1 heterocycles. The maximum absolute atomic E-state index is 11.7. The predicted octanol–water partition coefficient (Wildman–Crippen LogP) is 1.42. The standard InChI is InChI=1S/C14H19N3O3S/c1-5-6-15-13(19)11(4)20-12(18)8-21-14-16-9(2)7-10(3)17-14/h5,7,11H,1,6,8H2,2-4H3,(H,15,19)/t11-/m0/s1. The van der Waals surface area contributed by atoms with E-state index in [1.807, 2.05) is 19.9 Å². The number of nitrogens with zero attached hydrogens (tertiary/aromatic N) is 2. The highest BCUT2D eigenvalue weighted by atomic mass is 32.2. The molecule has 1 amide bonds. The van der Waals surface area contributed by atoms with Crippen molar-refractivity contribution >= 4 is 23.6 Å². The van der Waals surface area contributed by atoms with Gasteiger partial charge in [-0.3, -0.25) is 9.59 Å². The molecule has 0 bridgehead atoms. The van der Waals surface area contributed by atoms with E-state index in [1.165, 1.54) is 18.7 Å². The fraction of sp³-hybridized carbons (Fsp3) is 0.429. The molecule has 7 heteroatoms. The molecule has 0 saturated carbocycles. The minimum atomic E-state index is -0.835. The first-order valence-electron chi connectivity index (χ1n) is 6.45. The topological polar surface area (TPSA) is 81.2 Å². The summed E-state index contributed by atoms with van der Waals surface area (Å²) in [5.74, 6) is -0.776. The van der Waals surface area contributed by atoms with Crippen molar-refractivity contribution in [2.45, 2.75) is 32.0 Å². The minimum Gasteiger partial charge on any atom is -0.452 e. The molecule has 0 aliphatic rings. The normalized spacial score (nSPS) is 11.6. The lowest BCUT2D eigenvalue weighted by molar-refractivity contribution is -0.152. The van der Waals surface area contributed by atoms with E-state index in [1.54, 1.807) is 6.08 Å². The lowest BCUT2D eigenvalue weighted by Gasteiger charge is -2.12. The number of ether oxygens (including phenoxy) is 1. The molecule has 1 aromatic heterocycles. The average Bonchev–Trinajstić information content (AvgIpc) is 2.41. The largest absolute Gasteiger partial charge is 0.452 e. The third-order valence-corrected chi connectivity index (χ3v) is 3.20. The van der Waals surface area contributed by atoms with Gasteiger partial charge in [0.25, 0.3) is 5.91 Å². The summed E-state index contributed by atoms with van der Waals surface area (Å²) < 4.78 is 5.03. The molecule has 114 valence electrons. The Hall–Kier alpha value is -1.89. The Labute approximate surface area is 128 Å². The van der Waals surface area contributed by atoms with Crippen molar-refractivity contribution < 1.29 is 14.3 Å². The number of rotatable bonds is 7. The van der Waals surface area contributed by atoms with E-state index >= 15 is 0 Å². The van der Waals surface area contributed by atoms with E-state index in [4.69, 9.17) is 4.74 Å². The molecule has 0 aromatic carbocycles. The van der Waals surface area contributed by atoms with Crippen LogP contribution in [0, 0.1) is 13.8 Å². The number of hydrogen-bond donors (Lipinski definition) is 1. The molecule has 0 fully saturated rings. The molecule has 0 radical (unpaired) electrons. The van der Waals surface area contributed by atoms with Gasteiger partial charge in [-0.15, -0.1) is 6.58 Å². The van der Waals surface area contributed by atoms with Gasteiger partial charge in [0.2, 0.25) is 0 Å². The fourth-order valence-corrected chi connectivity index (χ4v) is 2.21. The summed E-state index contributed by atoms with van der Waals surface area (Å²) in [6, 6.07) is 1.86. The maximum Gasteiger partial charge on any atom is 0.317 e. The van der Waals surface area contributed by atoms with Crippen LogP contribution in [0.25, 0.3) is 0 Å². The van der Waals surface area contributed by atoms with Crippen LogP contribution in [0.15, 0.2) is 23.9 Å². The fourth-order valence-electron chi connectivity index (χ4n) is 1.48. The second-order valence-electron chi connectivity index (χ2n) is 4.39. The summed E-state index contributed by atoms with van der Waals surface area (Å²) in [5, 5.41) is 3.08. The van der Waals surface area contributed by atoms with Gasteiger partial charge in [0, 0.05) is 17.9 Å². The van der Waals surface area contributed by atoms with Crippen LogP contribution in [0.3, 0.4) is 0 Å². The summed E-state index contributed by atoms with van der Waals surface area (Å²) in [5.41, 5.74) is 1.69. The second kappa shape index (κ2) is 8.41. The lowest BCUT2D eigenvalue weighted by Crippen LogP contribution is -2.36. The first-order chi connectivity index (χ1) is 9.92. The minimum absolute atomic E-state index is 0.0575. The van der Waals surface area contributed by atoms with Crippen LogP contribution in [0.2, 0.25) is 0 Å². The van der Waals surface area contributed by atoms with Crippen LogP contribution >= 0.6 is 11.8 Å². The number of nitrogens with one attached hydrogen (secondary N) is 1. The van der Waals surface area contributed by atoms with E-state index in [-0.39, 0.29) is 11.7 Å². The van der Waals surface area contributed by atoms with Crippen molar-refractivity contribution in [3.05, 3.63) is 30.1 Å². The van der Waals surface area contributed by atoms with Gasteiger partial charge in [-0.1, -0.05) is 17.8 Å². The molecule has 21 heavy (non-hydrogen) atoms. The number of carbonyl (C=O) groups excluding carboxylic acids is 2. The molecule has 1 aromatic rings. The van der Waals surface area contributed by atoms with Gasteiger partial charge in [-0.05, 0) is 26.8 Å². The quantitative estimate of drug-likeness (QED) is 0.355. The highest BCUT2D eigenvalue weighted by Gasteiger charge is 2.17. The van der Waals surface area contributed by atoms with Crippen LogP contribution in [0.4, 0.5) is 0 Å². The zero-order valence-electron chi connectivity index (χ0n) is 12.4. The number of aromatic nitrogens is 2. The number of carbonyl (C=O) groups is 2. The Bertz CT molecular complexity index is 514. The maximum atomic E-state index is 11.7. The molecule has 1 rings (SSSR count). The van der Waals surface area contributed by atoms with E-state index in [9.17, 15) is 9.59 Å². The molecule has 6 nitrogen and oxygen atoms in total. The Balaban J connectivity index is 2.43. The van der Waals surface area contributed by atoms with Crippen molar-refractivity contribution in [2.75, 3.05) is 12.3 Å². The Morgan fingerprint density at radius 1 is 1.43 bits per heavy atom. The highest BCUT2D eigenvalue weighted by molar-refractivity contribution is 7.99. The highest BCUT2D eigenvalue weighted by Crippen LogP contribution is 2.14. The van der Waals surface area contributed by atoms with Gasteiger partial charge in [-0.2, -0.15) is 0 Å². The van der Waals surface area contributed by atoms with Crippen LogP contribution in [0.1, 0.15) is 18.3 Å². The predicted molar refractivity (Wildman–Crippen MR) is 81.0 cm³/mol. The Morgan fingerprint density at radius 3 is 2.62 bits per heavy atom. The lowest BCUT2D eigenvalue weighted by atomic mass is 10.3. The van der Waals surface area contributed by atoms with Gasteiger partial charge >= 0.3 is 5.97 Å². The first kappa shape index (κ1) is 17.2. The van der Waals surface area contributed by atoms with E-state index in [2.05, 4.69) is 21.9 Å². The van der Waals surface area contributed by atoms with Gasteiger partial charge < -0.3 is 10.1 Å². The summed E-state index contributed by atoms with van der Waals surface area (Å²) >= 11 is 1.18. The van der Waals surface area contributed by atoms with Crippen molar-refractivity contribution in [2.24, 2.45) is 0 Å². The number of thioether (sulfide) groups is 1. The van der Waals surface area contributed by atoms with E-state index in [0.717, 1.165) is 11.4 Å². The Kier molecular flexibility index (Phi) is 6.87. The number of esters is 1. The van der Waals surface area contributed by atoms with Crippen molar-refractivity contribution in [3.8, 4) is 0 Å². The second-order valence-corrected chi connectivity index (χ2v) is 5.33. The Morgan fingerprint density at radius 2 is 2.05 bits per heavy atom. The van der Waals surface area contributed by atoms with Crippen LogP contribution in [0.5, 0.6) is 0 Å². The van der Waals surface area contributed by atoms with Crippen molar-refractivity contribution in [1.29, 1.82) is 0 Å². The first-order valence-corrected chi connectivity index (χ1v) is 7.44. The van der Waals surface area contributed by atoms with Gasteiger partial charge in [0.15, 0.2) is 11.3 Å². The molecular formula is C14H19N3O3S. The number of aryl methyl sites for hydroxylation is 2. The number of amides is 1. The van der Waals surface area contributed by atoms with Gasteiger partial charge in [0.1, 0.15) is 0 Å². The molecule has 0 aliphatic carbocycles. The van der Waals surface area contributed by atoms with Crippen LogP contribution in [-0.2, 0) is 14.3 Å². The van der Waals surface area contributed by atoms with E-state index in [0.29, 0.717) is 11.7 Å².